The molecule has 6 heteroatoms. The summed E-state index contributed by atoms with van der Waals surface area (Å²) in [7, 11) is -4.64. The third kappa shape index (κ3) is 42.4. The van der Waals surface area contributed by atoms with Crippen molar-refractivity contribution in [3.63, 3.8) is 0 Å². The molecule has 0 aliphatic carbocycles. The normalized spacial score (nSPS) is 9.83. The molecular formula is H5KO4P. The number of rotatable bonds is 0. The molecule has 0 saturated heterocycles. The zero-order chi connectivity index (χ0) is 4.50. The molecule has 0 spiro atoms. The van der Waals surface area contributed by atoms with Gasteiger partial charge in [-0.3, -0.25) is 0 Å². The first kappa shape index (κ1) is 10.7. The van der Waals surface area contributed by atoms with Crippen molar-refractivity contribution in [3.05, 3.63) is 0 Å². The van der Waals surface area contributed by atoms with Gasteiger partial charge in [0.25, 0.3) is 0 Å². The Bertz CT molecular complexity index is 57.8. The second-order valence-corrected chi connectivity index (χ2v) is 1.54. The van der Waals surface area contributed by atoms with E-state index >= 15 is 0 Å². The van der Waals surface area contributed by atoms with Crippen molar-refractivity contribution in [2.75, 3.05) is 0 Å². The molecule has 3 N–H and O–H groups in total. The predicted molar refractivity (Wildman–Crippen MR) is 22.5 cm³/mol. The molecule has 0 atom stereocenters. The van der Waals surface area contributed by atoms with Crippen molar-refractivity contribution >= 4 is 59.2 Å². The maximum atomic E-state index is 8.88. The Balaban J connectivity index is -0.0000000800. The van der Waals surface area contributed by atoms with E-state index in [-0.39, 0.29) is 52.8 Å². The van der Waals surface area contributed by atoms with E-state index in [4.69, 9.17) is 19.2 Å². The first-order valence-electron chi connectivity index (χ1n) is 0.783. The van der Waals surface area contributed by atoms with E-state index < -0.39 is 7.82 Å². The average molecular weight is 140 g/mol. The molecule has 0 amide bonds. The molecule has 6 heavy (non-hydrogen) atoms. The standard InChI is InChI=1S/K.H3O4P.2H/c;1-5(2,3)4;;/h;(H3,1,2,3,4);;/i;;1+1;. The van der Waals surface area contributed by atoms with Crippen molar-refractivity contribution < 1.29 is 20.7 Å². The molecule has 35 valence electrons. The summed E-state index contributed by atoms with van der Waals surface area (Å²) in [4.78, 5) is 21.6. The van der Waals surface area contributed by atoms with Gasteiger partial charge in [-0.2, -0.15) is 0 Å². The van der Waals surface area contributed by atoms with Crippen molar-refractivity contribution in [3.8, 4) is 0 Å². The first-order chi connectivity index (χ1) is 2.00. The molecule has 0 bridgehead atoms. The molecule has 0 aliphatic rings. The molecule has 0 rings (SSSR count). The van der Waals surface area contributed by atoms with Crippen LogP contribution in [0.15, 0.2) is 0 Å². The van der Waals surface area contributed by atoms with Crippen LogP contribution in [0.2, 0.25) is 0 Å². The molecule has 0 aromatic rings. The SMILES string of the molecule is O=P(O)(O)O.[2H].[KH]. The fourth-order valence-corrected chi connectivity index (χ4v) is 0. The van der Waals surface area contributed by atoms with Gasteiger partial charge in [0.2, 0.25) is 0 Å². The summed E-state index contributed by atoms with van der Waals surface area (Å²) in [6, 6.07) is 0. The molecule has 0 saturated carbocycles. The second kappa shape index (κ2) is 3.71. The van der Waals surface area contributed by atoms with Gasteiger partial charge >= 0.3 is 59.2 Å². The van der Waals surface area contributed by atoms with Gasteiger partial charge in [0.1, 0.15) is 0 Å². The van der Waals surface area contributed by atoms with E-state index in [1.165, 1.54) is 0 Å². The Hall–Kier alpha value is 1.75. The van der Waals surface area contributed by atoms with Gasteiger partial charge in [-0.1, -0.05) is 0 Å². The van der Waals surface area contributed by atoms with Crippen LogP contribution < -0.4 is 0 Å². The second-order valence-electron chi connectivity index (χ2n) is 0.513. The fourth-order valence-electron chi connectivity index (χ4n) is 0. The Kier molecular flexibility index (Phi) is 6.61. The van der Waals surface area contributed by atoms with E-state index in [0.29, 0.717) is 0 Å². The summed E-state index contributed by atoms with van der Waals surface area (Å²) >= 11 is 0. The van der Waals surface area contributed by atoms with Crippen molar-refractivity contribution in [2.45, 2.75) is 0 Å². The van der Waals surface area contributed by atoms with Crippen LogP contribution >= 0.6 is 7.82 Å². The Morgan fingerprint density at radius 1 is 1.33 bits per heavy atom. The zero-order valence-electron chi connectivity index (χ0n) is 3.20. The number of hydrogen-bond donors (Lipinski definition) is 3. The van der Waals surface area contributed by atoms with Crippen LogP contribution in [-0.2, 0) is 4.57 Å². The molecule has 0 aromatic carbocycles. The quantitative estimate of drug-likeness (QED) is 0.284. The summed E-state index contributed by atoms with van der Waals surface area (Å²) in [6.07, 6.45) is 0. The van der Waals surface area contributed by atoms with Crippen LogP contribution in [-0.4, -0.2) is 66.1 Å². The van der Waals surface area contributed by atoms with Gasteiger partial charge in [0.15, 0.2) is 0 Å². The van der Waals surface area contributed by atoms with E-state index in [2.05, 4.69) is 0 Å². The van der Waals surface area contributed by atoms with Crippen LogP contribution in [0.3, 0.4) is 0 Å². The van der Waals surface area contributed by atoms with Gasteiger partial charge in [-0.05, 0) is 0 Å². The van der Waals surface area contributed by atoms with E-state index in [1.807, 2.05) is 0 Å². The molecule has 4 nitrogen and oxygen atoms in total. The van der Waals surface area contributed by atoms with Crippen LogP contribution in [0.4, 0.5) is 0 Å². The number of hydrogen-bond acceptors (Lipinski definition) is 1. The molecule has 0 aromatic heterocycles. The van der Waals surface area contributed by atoms with E-state index in [0.717, 1.165) is 0 Å². The summed E-state index contributed by atoms with van der Waals surface area (Å²) in [5, 5.41) is 0. The van der Waals surface area contributed by atoms with Crippen molar-refractivity contribution in [2.24, 2.45) is 0 Å². The third-order valence-corrected chi connectivity index (χ3v) is 0. The summed E-state index contributed by atoms with van der Waals surface area (Å²) in [6.45, 7) is 0. The van der Waals surface area contributed by atoms with Gasteiger partial charge in [-0.25, -0.2) is 4.57 Å². The fraction of sp³-hybridized carbons (Fsp3) is 0. The molecular weight excluding hydrogens is 134 g/mol. The Morgan fingerprint density at radius 2 is 1.33 bits per heavy atom. The number of phosphoric acid groups is 1. The van der Waals surface area contributed by atoms with Crippen molar-refractivity contribution in [1.29, 1.82) is 0 Å². The molecule has 0 fully saturated rings. The average Bonchev–Trinajstić information content (AvgIpc) is 0.722. The topological polar surface area (TPSA) is 77.8 Å². The third-order valence-electron chi connectivity index (χ3n) is 0. The maximum absolute atomic E-state index is 8.88. The van der Waals surface area contributed by atoms with Crippen LogP contribution in [0.1, 0.15) is 1.43 Å². The summed E-state index contributed by atoms with van der Waals surface area (Å²) < 4.78 is 8.88. The van der Waals surface area contributed by atoms with Crippen LogP contribution in [0, 0.1) is 0 Å². The van der Waals surface area contributed by atoms with E-state index in [9.17, 15) is 0 Å². The Labute approximate surface area is 78.7 Å². The molecule has 0 aliphatic heterocycles. The zero-order valence-corrected chi connectivity index (χ0v) is 3.09. The van der Waals surface area contributed by atoms with Gasteiger partial charge < -0.3 is 14.7 Å². The minimum absolute atomic E-state index is 0. The first-order valence-corrected chi connectivity index (χ1v) is 2.35. The van der Waals surface area contributed by atoms with Crippen LogP contribution in [0.5, 0.6) is 0 Å². The Morgan fingerprint density at radius 3 is 1.33 bits per heavy atom. The predicted octanol–water partition coefficient (Wildman–Crippen LogP) is -1.46. The minimum atomic E-state index is -4.64. The molecule has 0 heterocycles. The molecule has 0 unspecified atom stereocenters. The molecule has 1 radical (unpaired) electrons. The van der Waals surface area contributed by atoms with Crippen molar-refractivity contribution in [1.82, 2.24) is 0 Å². The van der Waals surface area contributed by atoms with E-state index in [1.54, 1.807) is 0 Å². The van der Waals surface area contributed by atoms with Gasteiger partial charge in [-0.15, -0.1) is 0 Å². The summed E-state index contributed by atoms with van der Waals surface area (Å²) in [5.74, 6) is 0. The van der Waals surface area contributed by atoms with Gasteiger partial charge in [0.05, 0.1) is 0 Å². The monoisotopic (exact) mass is 140 g/mol. The summed E-state index contributed by atoms with van der Waals surface area (Å²) in [5.41, 5.74) is 0. The van der Waals surface area contributed by atoms with Gasteiger partial charge in [0, 0.05) is 1.43 Å². The van der Waals surface area contributed by atoms with Crippen LogP contribution in [0.25, 0.3) is 0 Å².